The Morgan fingerprint density at radius 3 is 2.32 bits per heavy atom. The number of ether oxygens (including phenoxy) is 1. The van der Waals surface area contributed by atoms with Gasteiger partial charge in [-0.05, 0) is 34.7 Å². The first kappa shape index (κ1) is 16.4. The lowest BCUT2D eigenvalue weighted by Crippen LogP contribution is -2.18. The van der Waals surface area contributed by atoms with E-state index in [1.165, 1.54) is 12.1 Å². The van der Waals surface area contributed by atoms with Crippen molar-refractivity contribution in [3.63, 3.8) is 0 Å². The van der Waals surface area contributed by atoms with E-state index >= 15 is 0 Å². The van der Waals surface area contributed by atoms with Crippen LogP contribution in [0.5, 0.6) is 5.75 Å². The molecule has 0 aliphatic heterocycles. The topological polar surface area (TPSA) is 29.5 Å². The highest BCUT2D eigenvalue weighted by Crippen LogP contribution is 2.31. The van der Waals surface area contributed by atoms with Crippen LogP contribution in [0.1, 0.15) is 30.9 Å². The van der Waals surface area contributed by atoms with Crippen LogP contribution < -0.4 is 4.74 Å². The third-order valence-electron chi connectivity index (χ3n) is 3.34. The highest BCUT2D eigenvalue weighted by Gasteiger charge is 2.32. The standard InChI is InChI=1S/C17H17F3O2/c1-11(2)12-4-3-5-13(8-12)14-6-7-16(15(9-14)10-21)22-17(18,19)20/h3-9,11,21H,10H2,1-2H3. The van der Waals surface area contributed by atoms with Crippen LogP contribution in [0.15, 0.2) is 42.5 Å². The van der Waals surface area contributed by atoms with Crippen molar-refractivity contribution in [2.75, 3.05) is 0 Å². The second-order valence-corrected chi connectivity index (χ2v) is 5.31. The molecule has 0 fully saturated rings. The van der Waals surface area contributed by atoms with Crippen molar-refractivity contribution in [3.05, 3.63) is 53.6 Å². The van der Waals surface area contributed by atoms with Crippen LogP contribution in [0.25, 0.3) is 11.1 Å². The number of aliphatic hydroxyl groups is 1. The monoisotopic (exact) mass is 310 g/mol. The fourth-order valence-electron chi connectivity index (χ4n) is 2.18. The molecule has 22 heavy (non-hydrogen) atoms. The van der Waals surface area contributed by atoms with Gasteiger partial charge in [0.25, 0.3) is 0 Å². The van der Waals surface area contributed by atoms with Crippen molar-refractivity contribution in [2.24, 2.45) is 0 Å². The Morgan fingerprint density at radius 2 is 1.73 bits per heavy atom. The van der Waals surface area contributed by atoms with Crippen LogP contribution >= 0.6 is 0 Å². The molecule has 0 spiro atoms. The van der Waals surface area contributed by atoms with E-state index in [0.717, 1.165) is 16.7 Å². The normalized spacial score (nSPS) is 11.8. The number of hydrogen-bond donors (Lipinski definition) is 1. The zero-order valence-corrected chi connectivity index (χ0v) is 12.3. The molecule has 0 saturated heterocycles. The molecule has 0 saturated carbocycles. The van der Waals surface area contributed by atoms with Crippen molar-refractivity contribution in [2.45, 2.75) is 32.7 Å². The van der Waals surface area contributed by atoms with Gasteiger partial charge in [-0.15, -0.1) is 13.2 Å². The second-order valence-electron chi connectivity index (χ2n) is 5.31. The number of rotatable bonds is 4. The van der Waals surface area contributed by atoms with E-state index in [-0.39, 0.29) is 11.3 Å². The van der Waals surface area contributed by atoms with Gasteiger partial charge >= 0.3 is 6.36 Å². The molecule has 2 rings (SSSR count). The third kappa shape index (κ3) is 4.01. The molecule has 0 atom stereocenters. The molecule has 0 aliphatic rings. The molecule has 2 aromatic carbocycles. The van der Waals surface area contributed by atoms with Gasteiger partial charge in [0.05, 0.1) is 6.61 Å². The van der Waals surface area contributed by atoms with Crippen molar-refractivity contribution >= 4 is 0 Å². The minimum atomic E-state index is -4.77. The van der Waals surface area contributed by atoms with E-state index in [2.05, 4.69) is 18.6 Å². The van der Waals surface area contributed by atoms with Gasteiger partial charge in [0.2, 0.25) is 0 Å². The number of hydrogen-bond acceptors (Lipinski definition) is 2. The molecule has 5 heteroatoms. The average molecular weight is 310 g/mol. The first-order valence-electron chi connectivity index (χ1n) is 6.90. The summed E-state index contributed by atoms with van der Waals surface area (Å²) in [5, 5.41) is 9.28. The van der Waals surface area contributed by atoms with E-state index in [1.54, 1.807) is 6.07 Å². The smallest absolute Gasteiger partial charge is 0.405 e. The molecule has 2 nitrogen and oxygen atoms in total. The van der Waals surface area contributed by atoms with Crippen LogP contribution in [0.2, 0.25) is 0 Å². The summed E-state index contributed by atoms with van der Waals surface area (Å²) < 4.78 is 40.9. The Labute approximate surface area is 127 Å². The van der Waals surface area contributed by atoms with Crippen LogP contribution in [0.3, 0.4) is 0 Å². The van der Waals surface area contributed by atoms with Crippen LogP contribution in [-0.2, 0) is 6.61 Å². The molecule has 0 bridgehead atoms. The third-order valence-corrected chi connectivity index (χ3v) is 3.34. The second kappa shape index (κ2) is 6.40. The summed E-state index contributed by atoms with van der Waals surface area (Å²) in [4.78, 5) is 0. The molecule has 2 aromatic rings. The lowest BCUT2D eigenvalue weighted by Gasteiger charge is -2.14. The van der Waals surface area contributed by atoms with Crippen molar-refractivity contribution in [1.29, 1.82) is 0 Å². The summed E-state index contributed by atoms with van der Waals surface area (Å²) in [5.41, 5.74) is 2.86. The quantitative estimate of drug-likeness (QED) is 0.873. The summed E-state index contributed by atoms with van der Waals surface area (Å²) in [6.45, 7) is 3.61. The number of halogens is 3. The van der Waals surface area contributed by atoms with Crippen molar-refractivity contribution in [3.8, 4) is 16.9 Å². The maximum atomic E-state index is 12.3. The van der Waals surface area contributed by atoms with Crippen LogP contribution in [0, 0.1) is 0 Å². The highest BCUT2D eigenvalue weighted by atomic mass is 19.4. The van der Waals surface area contributed by atoms with Gasteiger partial charge in [-0.2, -0.15) is 0 Å². The average Bonchev–Trinajstić information content (AvgIpc) is 2.46. The molecule has 0 amide bonds. The fourth-order valence-corrected chi connectivity index (χ4v) is 2.18. The van der Waals surface area contributed by atoms with Gasteiger partial charge in [0, 0.05) is 5.56 Å². The lowest BCUT2D eigenvalue weighted by atomic mass is 9.96. The fraction of sp³-hybridized carbons (Fsp3) is 0.294. The number of aliphatic hydroxyl groups excluding tert-OH is 1. The molecule has 0 aromatic heterocycles. The van der Waals surface area contributed by atoms with E-state index in [0.29, 0.717) is 5.92 Å². The Bertz CT molecular complexity index is 649. The molecule has 0 unspecified atom stereocenters. The molecule has 1 N–H and O–H groups in total. The minimum absolute atomic E-state index is 0.102. The highest BCUT2D eigenvalue weighted by molar-refractivity contribution is 5.66. The molecule has 118 valence electrons. The predicted octanol–water partition coefficient (Wildman–Crippen LogP) is 4.87. The van der Waals surface area contributed by atoms with Gasteiger partial charge in [0.15, 0.2) is 0 Å². The van der Waals surface area contributed by atoms with Gasteiger partial charge in [-0.3, -0.25) is 0 Å². The van der Waals surface area contributed by atoms with Gasteiger partial charge in [-0.25, -0.2) is 0 Å². The maximum Gasteiger partial charge on any atom is 0.573 e. The Kier molecular flexibility index (Phi) is 4.76. The summed E-state index contributed by atoms with van der Waals surface area (Å²) in [6.07, 6.45) is -4.77. The van der Waals surface area contributed by atoms with E-state index in [9.17, 15) is 18.3 Å². The van der Waals surface area contributed by atoms with Crippen molar-refractivity contribution < 1.29 is 23.0 Å². The molecule has 0 radical (unpaired) electrons. The summed E-state index contributed by atoms with van der Waals surface area (Å²) in [7, 11) is 0. The number of alkyl halides is 3. The van der Waals surface area contributed by atoms with Crippen LogP contribution in [-0.4, -0.2) is 11.5 Å². The molecular weight excluding hydrogens is 293 g/mol. The van der Waals surface area contributed by atoms with E-state index in [4.69, 9.17) is 0 Å². The molecular formula is C17H17F3O2. The molecule has 0 aliphatic carbocycles. The van der Waals surface area contributed by atoms with Gasteiger partial charge in [0.1, 0.15) is 5.75 Å². The van der Waals surface area contributed by atoms with Crippen molar-refractivity contribution in [1.82, 2.24) is 0 Å². The van der Waals surface area contributed by atoms with E-state index < -0.39 is 13.0 Å². The zero-order valence-electron chi connectivity index (χ0n) is 12.3. The Morgan fingerprint density at radius 1 is 1.05 bits per heavy atom. The summed E-state index contributed by atoms with van der Waals surface area (Å²) in [5.74, 6) is -0.0242. The summed E-state index contributed by atoms with van der Waals surface area (Å²) >= 11 is 0. The van der Waals surface area contributed by atoms with E-state index in [1.807, 2.05) is 24.3 Å². The molecule has 0 heterocycles. The first-order chi connectivity index (χ1) is 10.3. The minimum Gasteiger partial charge on any atom is -0.405 e. The maximum absolute atomic E-state index is 12.3. The van der Waals surface area contributed by atoms with Gasteiger partial charge in [-0.1, -0.05) is 44.2 Å². The summed E-state index contributed by atoms with van der Waals surface area (Å²) in [6, 6.07) is 12.1. The first-order valence-corrected chi connectivity index (χ1v) is 6.90. The predicted molar refractivity (Wildman–Crippen MR) is 78.6 cm³/mol. The number of benzene rings is 2. The zero-order chi connectivity index (χ0) is 16.3. The van der Waals surface area contributed by atoms with Crippen LogP contribution in [0.4, 0.5) is 13.2 Å². The Balaban J connectivity index is 2.39. The van der Waals surface area contributed by atoms with Gasteiger partial charge < -0.3 is 9.84 Å². The lowest BCUT2D eigenvalue weighted by molar-refractivity contribution is -0.275. The Hall–Kier alpha value is -2.01. The SMILES string of the molecule is CC(C)c1cccc(-c2ccc(OC(F)(F)F)c(CO)c2)c1. The largest absolute Gasteiger partial charge is 0.573 e.